The van der Waals surface area contributed by atoms with E-state index in [2.05, 4.69) is 4.74 Å². The van der Waals surface area contributed by atoms with Gasteiger partial charge in [-0.05, 0) is 0 Å². The summed E-state index contributed by atoms with van der Waals surface area (Å²) in [6, 6.07) is 0. The number of ether oxygens (including phenoxy) is 2. The lowest BCUT2D eigenvalue weighted by Crippen LogP contribution is -2.46. The monoisotopic (exact) mass is 230 g/mol. The van der Waals surface area contributed by atoms with Gasteiger partial charge in [0.15, 0.2) is 13.7 Å². The molecule has 1 heterocycles. The zero-order valence-corrected chi connectivity index (χ0v) is 9.14. The molecule has 0 bridgehead atoms. The molecule has 0 aliphatic carbocycles. The van der Waals surface area contributed by atoms with Gasteiger partial charge in [0.2, 0.25) is 5.91 Å². The van der Waals surface area contributed by atoms with Crippen LogP contribution in [0, 0.1) is 0 Å². The molecule has 0 unspecified atom stereocenters. The van der Waals surface area contributed by atoms with Gasteiger partial charge in [-0.2, -0.15) is 0 Å². The lowest BCUT2D eigenvalue weighted by molar-refractivity contribution is -0.432. The first kappa shape index (κ1) is 12.0. The number of carbonyl (C=O) groups excluding carboxylic acids is 3. The van der Waals surface area contributed by atoms with Gasteiger partial charge in [-0.3, -0.25) is 19.2 Å². The second-order valence-corrected chi connectivity index (χ2v) is 2.93. The van der Waals surface area contributed by atoms with Crippen LogP contribution < -0.4 is 0 Å². The van der Waals surface area contributed by atoms with Gasteiger partial charge in [0.25, 0.3) is 0 Å². The normalized spacial score (nSPS) is 21.8. The van der Waals surface area contributed by atoms with E-state index in [4.69, 9.17) is 9.16 Å². The predicted octanol–water partition coefficient (Wildman–Crippen LogP) is -0.543. The van der Waals surface area contributed by atoms with Crippen LogP contribution >= 0.6 is 0 Å². The Labute approximate surface area is 91.5 Å². The Morgan fingerprint density at radius 3 is 2.69 bits per heavy atom. The first-order valence-corrected chi connectivity index (χ1v) is 4.38. The molecule has 0 atom stereocenters. The van der Waals surface area contributed by atoms with Crippen LogP contribution in [0.4, 0.5) is 0 Å². The van der Waals surface area contributed by atoms with Crippen LogP contribution in [0.3, 0.4) is 0 Å². The Morgan fingerprint density at radius 2 is 2.25 bits per heavy atom. The van der Waals surface area contributed by atoms with Crippen molar-refractivity contribution < 1.29 is 28.6 Å². The molecule has 0 spiro atoms. The van der Waals surface area contributed by atoms with Gasteiger partial charge in [0.1, 0.15) is 0 Å². The molecule has 16 heavy (non-hydrogen) atoms. The molecule has 1 rings (SSSR count). The summed E-state index contributed by atoms with van der Waals surface area (Å²) in [5.74, 6) is -2.41. The van der Waals surface area contributed by atoms with Crippen molar-refractivity contribution in [2.45, 2.75) is 6.92 Å². The van der Waals surface area contributed by atoms with E-state index < -0.39 is 23.5 Å². The molecule has 1 aliphatic rings. The third-order valence-electron chi connectivity index (χ3n) is 1.94. The number of aliphatic hydroxyl groups excluding tert-OH is 1. The van der Waals surface area contributed by atoms with Crippen molar-refractivity contribution in [3.63, 3.8) is 0 Å². The molecule has 2 amide bonds. The number of nitrogens with zero attached hydrogens (tertiary/aromatic N) is 1. The maximum atomic E-state index is 11.6. The lowest BCUT2D eigenvalue weighted by atomic mass is 10.3. The Kier molecular flexibility index (Phi) is 3.49. The van der Waals surface area contributed by atoms with Crippen molar-refractivity contribution in [3.05, 3.63) is 11.7 Å². The van der Waals surface area contributed by atoms with E-state index in [-0.39, 0.29) is 12.5 Å². The standard InChI is InChI=1S/C9H11NO6/c1-5(11)10-4-6(14-2)16-7(8(10)12)9(13)15-3/h4H2,1-3H3/p+1. The van der Waals surface area contributed by atoms with Crippen LogP contribution in [0.5, 0.6) is 0 Å². The molecular weight excluding hydrogens is 218 g/mol. The summed E-state index contributed by atoms with van der Waals surface area (Å²) >= 11 is 0. The van der Waals surface area contributed by atoms with Gasteiger partial charge in [-0.1, -0.05) is 0 Å². The van der Waals surface area contributed by atoms with Crippen LogP contribution in [0.25, 0.3) is 0 Å². The highest BCUT2D eigenvalue weighted by atomic mass is 16.6. The number of cyclic esters (lactones) is 1. The molecule has 0 radical (unpaired) electrons. The Hall–Kier alpha value is -2.05. The molecule has 1 aliphatic heterocycles. The average molecular weight is 230 g/mol. The molecule has 0 aromatic carbocycles. The van der Waals surface area contributed by atoms with Gasteiger partial charge in [-0.15, -0.1) is 0 Å². The van der Waals surface area contributed by atoms with Crippen molar-refractivity contribution in [1.82, 2.24) is 4.90 Å². The van der Waals surface area contributed by atoms with Gasteiger partial charge in [0.05, 0.1) is 7.11 Å². The summed E-state index contributed by atoms with van der Waals surface area (Å²) < 4.78 is 14.2. The van der Waals surface area contributed by atoms with Gasteiger partial charge in [-0.25, -0.2) is 0 Å². The highest BCUT2D eigenvalue weighted by Crippen LogP contribution is 2.15. The fraction of sp³-hybridized carbons (Fsp3) is 0.444. The maximum absolute atomic E-state index is 11.6. The summed E-state index contributed by atoms with van der Waals surface area (Å²) in [6.45, 7) is 1.11. The third kappa shape index (κ3) is 2.13. The number of amides is 2. The van der Waals surface area contributed by atoms with Crippen LogP contribution in [0.15, 0.2) is 11.7 Å². The van der Waals surface area contributed by atoms with Crippen LogP contribution in [0.1, 0.15) is 6.92 Å². The molecule has 0 saturated carbocycles. The van der Waals surface area contributed by atoms with E-state index in [1.807, 2.05) is 0 Å². The largest absolute Gasteiger partial charge is 0.512 e. The van der Waals surface area contributed by atoms with Crippen LogP contribution in [-0.4, -0.2) is 48.6 Å². The van der Waals surface area contributed by atoms with Crippen molar-refractivity contribution in [3.8, 4) is 0 Å². The molecule has 1 saturated heterocycles. The third-order valence-corrected chi connectivity index (χ3v) is 1.94. The van der Waals surface area contributed by atoms with Crippen molar-refractivity contribution >= 4 is 17.8 Å². The number of morpholine rings is 1. The SMILES string of the molecule is CO/C(O)=C1\OC(=[O+]C)CN(C(C)=O)C1=O. The summed E-state index contributed by atoms with van der Waals surface area (Å²) in [6.07, 6.45) is 0. The van der Waals surface area contributed by atoms with E-state index in [9.17, 15) is 14.7 Å². The van der Waals surface area contributed by atoms with Crippen molar-refractivity contribution in [1.29, 1.82) is 0 Å². The van der Waals surface area contributed by atoms with E-state index >= 15 is 0 Å². The molecule has 1 fully saturated rings. The second-order valence-electron chi connectivity index (χ2n) is 2.93. The molecule has 88 valence electrons. The average Bonchev–Trinajstić information content (AvgIpc) is 2.28. The van der Waals surface area contributed by atoms with Crippen molar-refractivity contribution in [2.24, 2.45) is 0 Å². The summed E-state index contributed by atoms with van der Waals surface area (Å²) in [5.41, 5.74) is 0. The number of imide groups is 1. The van der Waals surface area contributed by atoms with Gasteiger partial charge in [0, 0.05) is 6.92 Å². The van der Waals surface area contributed by atoms with Crippen molar-refractivity contribution in [2.75, 3.05) is 20.8 Å². The molecule has 0 aromatic rings. The molecule has 1 N–H and O–H groups in total. The highest BCUT2D eigenvalue weighted by Gasteiger charge is 2.43. The molecule has 7 nitrogen and oxygen atoms in total. The number of hydrogen-bond acceptors (Lipinski definition) is 5. The lowest BCUT2D eigenvalue weighted by Gasteiger charge is -2.19. The zero-order chi connectivity index (χ0) is 12.3. The maximum Gasteiger partial charge on any atom is 0.512 e. The number of carbonyl (C=O) groups is 2. The van der Waals surface area contributed by atoms with E-state index in [0.717, 1.165) is 12.0 Å². The van der Waals surface area contributed by atoms with Crippen LogP contribution in [0.2, 0.25) is 0 Å². The second kappa shape index (κ2) is 4.65. The molecule has 0 aromatic heterocycles. The minimum atomic E-state index is -0.771. The van der Waals surface area contributed by atoms with E-state index in [1.54, 1.807) is 0 Å². The first-order valence-electron chi connectivity index (χ1n) is 4.38. The van der Waals surface area contributed by atoms with Crippen LogP contribution in [-0.2, 0) is 23.5 Å². The quantitative estimate of drug-likeness (QED) is 0.283. The Morgan fingerprint density at radius 1 is 1.62 bits per heavy atom. The van der Waals surface area contributed by atoms with E-state index in [1.165, 1.54) is 14.0 Å². The predicted molar refractivity (Wildman–Crippen MR) is 51.1 cm³/mol. The summed E-state index contributed by atoms with van der Waals surface area (Å²) in [7, 11) is 2.49. The highest BCUT2D eigenvalue weighted by molar-refractivity contribution is 6.08. The van der Waals surface area contributed by atoms with Gasteiger partial charge < -0.3 is 14.3 Å². The number of methoxy groups -OCH3 is 1. The number of aliphatic hydroxyl groups is 1. The fourth-order valence-electron chi connectivity index (χ4n) is 1.10. The number of rotatable bonds is 1. The zero-order valence-electron chi connectivity index (χ0n) is 9.14. The first-order chi connectivity index (χ1) is 7.51. The molecular formula is C9H12NO6+. The van der Waals surface area contributed by atoms with Gasteiger partial charge >= 0.3 is 23.6 Å². The number of esters is 1. The van der Waals surface area contributed by atoms with E-state index in [0.29, 0.717) is 0 Å². The minimum Gasteiger partial charge on any atom is -0.476 e. The summed E-state index contributed by atoms with van der Waals surface area (Å²) in [4.78, 5) is 23.7. The summed E-state index contributed by atoms with van der Waals surface area (Å²) in [5, 5.41) is 9.27. The topological polar surface area (TPSA) is 87.4 Å². The molecule has 7 heteroatoms. The minimum absolute atomic E-state index is 0.0217. The number of hydrogen-bond donors (Lipinski definition) is 1. The Balaban J connectivity index is 3.13. The fourth-order valence-corrected chi connectivity index (χ4v) is 1.10. The Bertz CT molecular complexity index is 383. The smallest absolute Gasteiger partial charge is 0.476 e.